The van der Waals surface area contributed by atoms with Gasteiger partial charge in [-0.05, 0) is 24.3 Å². The van der Waals surface area contributed by atoms with Crippen molar-refractivity contribution < 1.29 is 18.0 Å². The van der Waals surface area contributed by atoms with E-state index in [4.69, 9.17) is 0 Å². The molecule has 0 spiro atoms. The van der Waals surface area contributed by atoms with Gasteiger partial charge in [-0.2, -0.15) is 13.2 Å². The molecule has 0 unspecified atom stereocenters. The number of nitrogens with one attached hydrogen (secondary N) is 1. The number of imidazole rings is 1. The van der Waals surface area contributed by atoms with E-state index in [1.807, 2.05) is 0 Å². The number of anilines is 1. The van der Waals surface area contributed by atoms with Crippen molar-refractivity contribution >= 4 is 28.7 Å². The van der Waals surface area contributed by atoms with E-state index in [-0.39, 0.29) is 10.8 Å². The van der Waals surface area contributed by atoms with E-state index in [1.54, 1.807) is 23.6 Å². The van der Waals surface area contributed by atoms with Gasteiger partial charge in [-0.1, -0.05) is 12.1 Å². The number of hydrogen-bond acceptors (Lipinski definition) is 5. The van der Waals surface area contributed by atoms with Gasteiger partial charge in [0.25, 0.3) is 5.91 Å². The molecule has 0 bridgehead atoms. The summed E-state index contributed by atoms with van der Waals surface area (Å²) < 4.78 is 40.3. The molecule has 0 radical (unpaired) electrons. The Hall–Kier alpha value is -3.27. The van der Waals surface area contributed by atoms with Gasteiger partial charge in [0.2, 0.25) is 0 Å². The molecule has 0 aliphatic rings. The van der Waals surface area contributed by atoms with Crippen LogP contribution in [0.5, 0.6) is 0 Å². The number of benzene rings is 1. The number of thiazole rings is 1. The van der Waals surface area contributed by atoms with E-state index < -0.39 is 17.6 Å². The molecule has 0 saturated carbocycles. The molecule has 0 saturated heterocycles. The lowest BCUT2D eigenvalue weighted by Gasteiger charge is -2.09. The summed E-state index contributed by atoms with van der Waals surface area (Å²) in [6, 6.07) is 8.07. The molecule has 4 rings (SSSR count). The Balaban J connectivity index is 1.72. The van der Waals surface area contributed by atoms with Gasteiger partial charge in [0.15, 0.2) is 16.5 Å². The van der Waals surface area contributed by atoms with Crippen molar-refractivity contribution in [1.82, 2.24) is 19.6 Å². The molecular weight excluding hydrogens is 379 g/mol. The highest BCUT2D eigenvalue weighted by atomic mass is 32.1. The van der Waals surface area contributed by atoms with Crippen molar-refractivity contribution in [3.63, 3.8) is 0 Å². The number of carbonyl (C=O) groups is 1. The summed E-state index contributed by atoms with van der Waals surface area (Å²) >= 11 is 1.18. The van der Waals surface area contributed by atoms with Crippen molar-refractivity contribution in [2.45, 2.75) is 6.18 Å². The molecule has 0 atom stereocenters. The summed E-state index contributed by atoms with van der Waals surface area (Å²) in [5, 5.41) is 8.83. The van der Waals surface area contributed by atoms with Gasteiger partial charge in [-0.25, -0.2) is 14.5 Å². The zero-order valence-corrected chi connectivity index (χ0v) is 14.3. The maximum atomic E-state index is 13.0. The molecule has 0 aliphatic heterocycles. The maximum absolute atomic E-state index is 13.0. The van der Waals surface area contributed by atoms with Crippen LogP contribution in [0.25, 0.3) is 16.9 Å². The number of amides is 1. The first-order valence-electron chi connectivity index (χ1n) is 7.65. The zero-order chi connectivity index (χ0) is 19.0. The maximum Gasteiger partial charge on any atom is 0.416 e. The minimum absolute atomic E-state index is 0.230. The molecule has 6 nitrogen and oxygen atoms in total. The van der Waals surface area contributed by atoms with Crippen molar-refractivity contribution in [1.29, 1.82) is 0 Å². The summed E-state index contributed by atoms with van der Waals surface area (Å²) in [6.07, 6.45) is -1.50. The van der Waals surface area contributed by atoms with Crippen LogP contribution >= 0.6 is 11.3 Å². The van der Waals surface area contributed by atoms with Crippen LogP contribution in [-0.2, 0) is 6.18 Å². The molecule has 1 N–H and O–H groups in total. The van der Waals surface area contributed by atoms with Gasteiger partial charge >= 0.3 is 6.18 Å². The van der Waals surface area contributed by atoms with Crippen molar-refractivity contribution in [2.24, 2.45) is 0 Å². The predicted molar refractivity (Wildman–Crippen MR) is 93.5 cm³/mol. The quantitative estimate of drug-likeness (QED) is 0.572. The fourth-order valence-corrected chi connectivity index (χ4v) is 3.03. The third kappa shape index (κ3) is 3.38. The van der Waals surface area contributed by atoms with Crippen molar-refractivity contribution in [3.8, 4) is 11.3 Å². The van der Waals surface area contributed by atoms with Crippen LogP contribution in [0.4, 0.5) is 19.0 Å². The number of halogens is 3. The second kappa shape index (κ2) is 6.47. The van der Waals surface area contributed by atoms with Crippen LogP contribution in [0.15, 0.2) is 54.2 Å². The number of nitrogens with zero attached hydrogens (tertiary/aromatic N) is 4. The molecule has 27 heavy (non-hydrogen) atoms. The van der Waals surface area contributed by atoms with Gasteiger partial charge in [-0.3, -0.25) is 4.79 Å². The van der Waals surface area contributed by atoms with E-state index >= 15 is 0 Å². The molecule has 0 fully saturated rings. The van der Waals surface area contributed by atoms with Crippen LogP contribution in [-0.4, -0.2) is 25.5 Å². The standard InChI is InChI=1S/C17H10F3N5OS/c18-17(19,20)11-3-1-2-10(8-11)12-9-22-14-5-4-13(24-25(12)14)23-15(26)16-21-6-7-27-16/h1-9H,(H,23,24,26). The molecule has 1 aromatic carbocycles. The van der Waals surface area contributed by atoms with Gasteiger partial charge in [-0.15, -0.1) is 16.4 Å². The molecule has 3 heterocycles. The van der Waals surface area contributed by atoms with E-state index in [0.717, 1.165) is 12.1 Å². The molecular formula is C17H10F3N5OS. The van der Waals surface area contributed by atoms with E-state index in [1.165, 1.54) is 34.3 Å². The van der Waals surface area contributed by atoms with E-state index in [2.05, 4.69) is 20.4 Å². The molecule has 10 heteroatoms. The monoisotopic (exact) mass is 389 g/mol. The summed E-state index contributed by atoms with van der Waals surface area (Å²) in [6.45, 7) is 0. The van der Waals surface area contributed by atoms with Gasteiger partial charge in [0, 0.05) is 17.1 Å². The number of rotatable bonds is 3. The molecule has 3 aromatic heterocycles. The smallest absolute Gasteiger partial charge is 0.303 e. The third-order valence-electron chi connectivity index (χ3n) is 3.72. The Bertz CT molecular complexity index is 1120. The number of aromatic nitrogens is 4. The summed E-state index contributed by atoms with van der Waals surface area (Å²) in [4.78, 5) is 20.2. The summed E-state index contributed by atoms with van der Waals surface area (Å²) in [7, 11) is 0. The van der Waals surface area contributed by atoms with E-state index in [0.29, 0.717) is 16.9 Å². The van der Waals surface area contributed by atoms with Crippen LogP contribution in [0.2, 0.25) is 0 Å². The Morgan fingerprint density at radius 3 is 2.74 bits per heavy atom. The number of fused-ring (bicyclic) bond motifs is 1. The molecule has 4 aromatic rings. The Labute approximate surface area is 154 Å². The first kappa shape index (κ1) is 17.2. The number of carbonyl (C=O) groups excluding carboxylic acids is 1. The number of hydrogen-bond donors (Lipinski definition) is 1. The molecule has 1 amide bonds. The van der Waals surface area contributed by atoms with Gasteiger partial charge in [0.05, 0.1) is 17.5 Å². The number of alkyl halides is 3. The fraction of sp³-hybridized carbons (Fsp3) is 0.0588. The average molecular weight is 389 g/mol. The topological polar surface area (TPSA) is 72.2 Å². The highest BCUT2D eigenvalue weighted by Gasteiger charge is 2.30. The SMILES string of the molecule is O=C(Nc1ccc2ncc(-c3cccc(C(F)(F)F)c3)n2n1)c1nccs1. The zero-order valence-electron chi connectivity index (χ0n) is 13.4. The lowest BCUT2D eigenvalue weighted by molar-refractivity contribution is -0.137. The largest absolute Gasteiger partial charge is 0.416 e. The minimum atomic E-state index is -4.45. The minimum Gasteiger partial charge on any atom is -0.303 e. The van der Waals surface area contributed by atoms with Crippen LogP contribution in [0, 0.1) is 0 Å². The van der Waals surface area contributed by atoms with Crippen LogP contribution < -0.4 is 5.32 Å². The van der Waals surface area contributed by atoms with Crippen LogP contribution in [0.1, 0.15) is 15.4 Å². The first-order chi connectivity index (χ1) is 12.9. The average Bonchev–Trinajstić information content (AvgIpc) is 3.31. The predicted octanol–water partition coefficient (Wildman–Crippen LogP) is 4.12. The molecule has 136 valence electrons. The Morgan fingerprint density at radius 2 is 2.00 bits per heavy atom. The third-order valence-corrected chi connectivity index (χ3v) is 4.49. The second-order valence-corrected chi connectivity index (χ2v) is 6.40. The van der Waals surface area contributed by atoms with Gasteiger partial charge < -0.3 is 5.32 Å². The summed E-state index contributed by atoms with van der Waals surface area (Å²) in [5.74, 6) is -0.188. The first-order valence-corrected chi connectivity index (χ1v) is 8.53. The lowest BCUT2D eigenvalue weighted by atomic mass is 10.1. The Morgan fingerprint density at radius 1 is 1.15 bits per heavy atom. The van der Waals surface area contributed by atoms with E-state index in [9.17, 15) is 18.0 Å². The van der Waals surface area contributed by atoms with Crippen LogP contribution in [0.3, 0.4) is 0 Å². The van der Waals surface area contributed by atoms with Crippen molar-refractivity contribution in [3.05, 3.63) is 64.7 Å². The normalized spacial score (nSPS) is 11.7. The fourth-order valence-electron chi connectivity index (χ4n) is 2.50. The van der Waals surface area contributed by atoms with Crippen molar-refractivity contribution in [2.75, 3.05) is 5.32 Å². The second-order valence-electron chi connectivity index (χ2n) is 5.50. The lowest BCUT2D eigenvalue weighted by Crippen LogP contribution is -2.13. The van der Waals surface area contributed by atoms with Gasteiger partial charge in [0.1, 0.15) is 0 Å². The highest BCUT2D eigenvalue weighted by Crippen LogP contribution is 2.32. The highest BCUT2D eigenvalue weighted by molar-refractivity contribution is 7.11. The molecule has 0 aliphatic carbocycles. The summed E-state index contributed by atoms with van der Waals surface area (Å²) in [5.41, 5.74) is 0.368. The Kier molecular flexibility index (Phi) is 4.11.